The summed E-state index contributed by atoms with van der Waals surface area (Å²) in [6, 6.07) is 0. The van der Waals surface area contributed by atoms with Gasteiger partial charge in [0, 0.05) is 31.2 Å². The van der Waals surface area contributed by atoms with Gasteiger partial charge in [0.25, 0.3) is 0 Å². The molecule has 1 fully saturated rings. The highest BCUT2D eigenvalue weighted by molar-refractivity contribution is 7.13. The number of carbonyl (C=O) groups excluding carboxylic acids is 1. The fraction of sp³-hybridized carbons (Fsp3) is 0.636. The van der Waals surface area contributed by atoms with Crippen molar-refractivity contribution in [3.63, 3.8) is 0 Å². The van der Waals surface area contributed by atoms with E-state index in [1.54, 1.807) is 6.20 Å². The number of hydrogen-bond acceptors (Lipinski definition) is 6. The van der Waals surface area contributed by atoms with Gasteiger partial charge in [-0.2, -0.15) is 0 Å². The second-order valence-corrected chi connectivity index (χ2v) is 5.17. The summed E-state index contributed by atoms with van der Waals surface area (Å²) in [4.78, 5) is 17.7. The Hall–Kier alpha value is -1.02. The van der Waals surface area contributed by atoms with E-state index >= 15 is 0 Å². The summed E-state index contributed by atoms with van der Waals surface area (Å²) < 4.78 is 5.59. The molecule has 1 unspecified atom stereocenters. The van der Waals surface area contributed by atoms with Crippen LogP contribution in [0.2, 0.25) is 0 Å². The monoisotopic (exact) mass is 270 g/mol. The van der Waals surface area contributed by atoms with Gasteiger partial charge >= 0.3 is 0 Å². The van der Waals surface area contributed by atoms with Crippen molar-refractivity contribution >= 4 is 22.4 Å². The van der Waals surface area contributed by atoms with Crippen molar-refractivity contribution in [3.05, 3.63) is 11.6 Å². The van der Waals surface area contributed by atoms with Crippen LogP contribution in [0, 0.1) is 0 Å². The molecule has 6 nitrogen and oxygen atoms in total. The minimum absolute atomic E-state index is 0.0452. The maximum Gasteiger partial charge on any atom is 0.240 e. The zero-order chi connectivity index (χ0) is 12.8. The number of rotatable bonds is 5. The summed E-state index contributed by atoms with van der Waals surface area (Å²) in [5.41, 5.74) is 0. The fourth-order valence-corrected chi connectivity index (χ4v) is 2.38. The van der Waals surface area contributed by atoms with E-state index in [0.29, 0.717) is 11.7 Å². The van der Waals surface area contributed by atoms with Crippen LogP contribution in [-0.2, 0) is 9.53 Å². The average Bonchev–Trinajstić information content (AvgIpc) is 2.82. The molecule has 1 saturated heterocycles. The Labute approximate surface area is 110 Å². The molecular formula is C11H18N4O2S. The molecule has 18 heavy (non-hydrogen) atoms. The van der Waals surface area contributed by atoms with Crippen LogP contribution in [0.3, 0.4) is 0 Å². The molecule has 0 radical (unpaired) electrons. The highest BCUT2D eigenvalue weighted by Gasteiger charge is 2.17. The van der Waals surface area contributed by atoms with Crippen molar-refractivity contribution < 1.29 is 9.53 Å². The van der Waals surface area contributed by atoms with Gasteiger partial charge in [-0.25, -0.2) is 4.98 Å². The predicted molar refractivity (Wildman–Crippen MR) is 70.9 cm³/mol. The Morgan fingerprint density at radius 3 is 3.33 bits per heavy atom. The quantitative estimate of drug-likeness (QED) is 0.788. The second-order valence-electron chi connectivity index (χ2n) is 4.28. The maximum atomic E-state index is 11.7. The zero-order valence-electron chi connectivity index (χ0n) is 10.4. The molecule has 1 amide bonds. The van der Waals surface area contributed by atoms with Gasteiger partial charge in [-0.1, -0.05) is 0 Å². The van der Waals surface area contributed by atoms with E-state index < -0.39 is 0 Å². The second kappa shape index (κ2) is 6.79. The summed E-state index contributed by atoms with van der Waals surface area (Å²) >= 11 is 1.42. The molecule has 7 heteroatoms. The maximum absolute atomic E-state index is 11.7. The third kappa shape index (κ3) is 4.34. The molecule has 0 bridgehead atoms. The van der Waals surface area contributed by atoms with Crippen LogP contribution in [0.1, 0.15) is 0 Å². The third-order valence-electron chi connectivity index (χ3n) is 2.61. The van der Waals surface area contributed by atoms with Gasteiger partial charge in [0.15, 0.2) is 5.13 Å². The van der Waals surface area contributed by atoms with Crippen LogP contribution in [0.5, 0.6) is 0 Å². The summed E-state index contributed by atoms with van der Waals surface area (Å²) in [5.74, 6) is -0.0452. The van der Waals surface area contributed by atoms with Crippen LogP contribution >= 0.6 is 11.3 Å². The first-order valence-electron chi connectivity index (χ1n) is 5.94. The number of nitrogens with one attached hydrogen (secondary N) is 2. The minimum Gasteiger partial charge on any atom is -0.374 e. The van der Waals surface area contributed by atoms with E-state index in [0.717, 1.165) is 26.2 Å². The number of morpholine rings is 1. The van der Waals surface area contributed by atoms with Crippen LogP contribution in [-0.4, -0.2) is 61.7 Å². The average molecular weight is 270 g/mol. The highest BCUT2D eigenvalue weighted by atomic mass is 32.1. The van der Waals surface area contributed by atoms with Crippen molar-refractivity contribution in [2.45, 2.75) is 6.10 Å². The van der Waals surface area contributed by atoms with Gasteiger partial charge in [0.2, 0.25) is 5.91 Å². The number of hydrogen-bond donors (Lipinski definition) is 2. The van der Waals surface area contributed by atoms with E-state index in [-0.39, 0.29) is 12.0 Å². The number of amides is 1. The Morgan fingerprint density at radius 1 is 1.78 bits per heavy atom. The molecule has 0 aromatic carbocycles. The molecule has 1 aromatic heterocycles. The Kier molecular flexibility index (Phi) is 5.06. The number of likely N-dealkylation sites (N-methyl/N-ethyl adjacent to an activating group) is 1. The molecule has 1 atom stereocenters. The largest absolute Gasteiger partial charge is 0.374 e. The van der Waals surface area contributed by atoms with E-state index in [9.17, 15) is 4.79 Å². The number of aromatic nitrogens is 1. The van der Waals surface area contributed by atoms with Crippen molar-refractivity contribution in [2.75, 3.05) is 45.2 Å². The van der Waals surface area contributed by atoms with Crippen molar-refractivity contribution in [1.29, 1.82) is 0 Å². The normalized spacial score (nSPS) is 20.0. The lowest BCUT2D eigenvalue weighted by molar-refractivity contribution is -0.117. The summed E-state index contributed by atoms with van der Waals surface area (Å²) in [7, 11) is 1.92. The molecular weight excluding hydrogens is 252 g/mol. The van der Waals surface area contributed by atoms with Crippen LogP contribution < -0.4 is 10.6 Å². The standard InChI is InChI=1S/C11H18N4O2S/c1-15(7-9-6-12-2-4-17-9)8-10(16)14-11-13-3-5-18-11/h3,5,9,12H,2,4,6-8H2,1H3,(H,13,14,16). The Bertz CT molecular complexity index is 365. The van der Waals surface area contributed by atoms with Gasteiger partial charge in [0.1, 0.15) is 0 Å². The molecule has 2 heterocycles. The first kappa shape index (κ1) is 13.4. The topological polar surface area (TPSA) is 66.5 Å². The fourth-order valence-electron chi connectivity index (χ4n) is 1.84. The van der Waals surface area contributed by atoms with E-state index in [2.05, 4.69) is 15.6 Å². The molecule has 1 aromatic rings. The van der Waals surface area contributed by atoms with Crippen LogP contribution in [0.15, 0.2) is 11.6 Å². The smallest absolute Gasteiger partial charge is 0.240 e. The number of anilines is 1. The van der Waals surface area contributed by atoms with E-state index in [4.69, 9.17) is 4.74 Å². The number of carbonyl (C=O) groups is 1. The van der Waals surface area contributed by atoms with Crippen LogP contribution in [0.25, 0.3) is 0 Å². The molecule has 0 saturated carbocycles. The lowest BCUT2D eigenvalue weighted by Crippen LogP contribution is -2.45. The van der Waals surface area contributed by atoms with Gasteiger partial charge in [0.05, 0.1) is 19.3 Å². The molecule has 1 aliphatic rings. The lowest BCUT2D eigenvalue weighted by Gasteiger charge is -2.27. The molecule has 0 spiro atoms. The third-order valence-corrected chi connectivity index (χ3v) is 3.30. The highest BCUT2D eigenvalue weighted by Crippen LogP contribution is 2.09. The summed E-state index contributed by atoms with van der Waals surface area (Å²) in [6.07, 6.45) is 1.84. The van der Waals surface area contributed by atoms with Crippen LogP contribution in [0.4, 0.5) is 5.13 Å². The molecule has 0 aliphatic carbocycles. The SMILES string of the molecule is CN(CC(=O)Nc1nccs1)CC1CNCCO1. The first-order chi connectivity index (χ1) is 8.74. The minimum atomic E-state index is -0.0452. The van der Waals surface area contributed by atoms with Gasteiger partial charge in [-0.15, -0.1) is 11.3 Å². The molecule has 100 valence electrons. The van der Waals surface area contributed by atoms with Crippen molar-refractivity contribution in [1.82, 2.24) is 15.2 Å². The molecule has 2 N–H and O–H groups in total. The number of nitrogens with zero attached hydrogens (tertiary/aromatic N) is 2. The summed E-state index contributed by atoms with van der Waals surface area (Å²) in [5, 5.41) is 8.51. The number of ether oxygens (including phenoxy) is 1. The van der Waals surface area contributed by atoms with Gasteiger partial charge in [-0.05, 0) is 7.05 Å². The predicted octanol–water partition coefficient (Wildman–Crippen LogP) is 0.00180. The van der Waals surface area contributed by atoms with Crippen molar-refractivity contribution in [3.8, 4) is 0 Å². The Balaban J connectivity index is 1.69. The lowest BCUT2D eigenvalue weighted by atomic mass is 10.3. The van der Waals surface area contributed by atoms with Gasteiger partial charge in [-0.3, -0.25) is 9.69 Å². The zero-order valence-corrected chi connectivity index (χ0v) is 11.2. The molecule has 1 aliphatic heterocycles. The Morgan fingerprint density at radius 2 is 2.67 bits per heavy atom. The van der Waals surface area contributed by atoms with Crippen molar-refractivity contribution in [2.24, 2.45) is 0 Å². The van der Waals surface area contributed by atoms with Gasteiger partial charge < -0.3 is 15.4 Å². The number of thiazole rings is 1. The first-order valence-corrected chi connectivity index (χ1v) is 6.82. The van der Waals surface area contributed by atoms with E-state index in [1.165, 1.54) is 11.3 Å². The molecule has 2 rings (SSSR count). The summed E-state index contributed by atoms with van der Waals surface area (Å²) in [6.45, 7) is 3.59. The van der Waals surface area contributed by atoms with E-state index in [1.807, 2.05) is 17.3 Å².